The molecule has 0 saturated carbocycles. The maximum absolute atomic E-state index is 14.3. The number of para-hydroxylation sites is 1. The third kappa shape index (κ3) is 4.31. The minimum atomic E-state index is -0.889. The summed E-state index contributed by atoms with van der Waals surface area (Å²) in [5.74, 6) is 2.05. The quantitative estimate of drug-likeness (QED) is 0.493. The molecule has 3 aromatic carbocycles. The van der Waals surface area contributed by atoms with Gasteiger partial charge in [0.25, 0.3) is 0 Å². The van der Waals surface area contributed by atoms with Crippen molar-refractivity contribution in [3.63, 3.8) is 0 Å². The molecule has 0 N–H and O–H groups in total. The van der Waals surface area contributed by atoms with E-state index in [1.165, 1.54) is 5.56 Å². The average Bonchev–Trinajstić information content (AvgIpc) is 3.40. The highest BCUT2D eigenvalue weighted by atomic mass is 32.1. The minimum Gasteiger partial charge on any atom is -0.491 e. The van der Waals surface area contributed by atoms with Gasteiger partial charge in [-0.05, 0) is 23.3 Å². The molecule has 0 radical (unpaired) electrons. The van der Waals surface area contributed by atoms with Crippen LogP contribution in [0, 0.1) is 0 Å². The van der Waals surface area contributed by atoms with Gasteiger partial charge in [-0.1, -0.05) is 48.5 Å². The van der Waals surface area contributed by atoms with E-state index >= 15 is 0 Å². The van der Waals surface area contributed by atoms with Crippen molar-refractivity contribution in [3.05, 3.63) is 83.4 Å². The van der Waals surface area contributed by atoms with Crippen LogP contribution in [0.4, 0.5) is 5.69 Å². The molecule has 38 heavy (non-hydrogen) atoms. The van der Waals surface area contributed by atoms with Crippen LogP contribution in [0.15, 0.2) is 66.7 Å². The summed E-state index contributed by atoms with van der Waals surface area (Å²) >= 11 is 0. The lowest BCUT2D eigenvalue weighted by atomic mass is 9.77. The van der Waals surface area contributed by atoms with Gasteiger partial charge in [0.1, 0.15) is 31.0 Å². The lowest BCUT2D eigenvalue weighted by Crippen LogP contribution is -2.50. The van der Waals surface area contributed by atoms with E-state index in [-0.39, 0.29) is 45.6 Å². The second-order valence-electron chi connectivity index (χ2n) is 9.83. The second-order valence-corrected chi connectivity index (χ2v) is 9.83. The number of benzene rings is 3. The number of rotatable bonds is 4. The molecular formula is C29H32N2O5S2. The molecule has 200 valence electrons. The highest BCUT2D eigenvalue weighted by molar-refractivity contribution is 7.59. The third-order valence-electron chi connectivity index (χ3n) is 7.67. The molecule has 4 aliphatic heterocycles. The first-order valence-corrected chi connectivity index (χ1v) is 12.6. The number of nitrogens with zero attached hydrogens (tertiary/aromatic N) is 2. The van der Waals surface area contributed by atoms with Crippen molar-refractivity contribution < 1.29 is 23.7 Å². The average molecular weight is 553 g/mol. The van der Waals surface area contributed by atoms with Gasteiger partial charge in [-0.3, -0.25) is 9.69 Å². The van der Waals surface area contributed by atoms with Crippen LogP contribution in [-0.2, 0) is 21.5 Å². The molecule has 0 aliphatic carbocycles. The largest absolute Gasteiger partial charge is 0.491 e. The van der Waals surface area contributed by atoms with Gasteiger partial charge in [-0.15, -0.1) is 0 Å². The van der Waals surface area contributed by atoms with E-state index in [1.54, 1.807) is 0 Å². The number of ether oxygens (including phenoxy) is 4. The molecule has 1 amide bonds. The Bertz CT molecular complexity index is 1320. The van der Waals surface area contributed by atoms with Crippen molar-refractivity contribution in [2.24, 2.45) is 0 Å². The molecule has 9 heteroatoms. The highest BCUT2D eigenvalue weighted by Crippen LogP contribution is 2.54. The number of morpholine rings is 1. The van der Waals surface area contributed by atoms with Crippen LogP contribution in [0.2, 0.25) is 0 Å². The molecule has 1 fully saturated rings. The number of hydrogen-bond donors (Lipinski definition) is 0. The summed E-state index contributed by atoms with van der Waals surface area (Å²) in [6.45, 7) is 4.97. The van der Waals surface area contributed by atoms with Crippen LogP contribution in [-0.4, -0.2) is 63.0 Å². The van der Waals surface area contributed by atoms with Crippen molar-refractivity contribution >= 4 is 38.6 Å². The van der Waals surface area contributed by atoms with Crippen LogP contribution < -0.4 is 19.1 Å². The molecule has 3 aromatic rings. The summed E-state index contributed by atoms with van der Waals surface area (Å²) in [6.07, 6.45) is -0.0725. The van der Waals surface area contributed by atoms with E-state index in [0.29, 0.717) is 43.6 Å². The second kappa shape index (κ2) is 10.7. The van der Waals surface area contributed by atoms with E-state index in [2.05, 4.69) is 29.2 Å². The maximum Gasteiger partial charge on any atom is 0.245 e. The van der Waals surface area contributed by atoms with Gasteiger partial charge in [-0.25, -0.2) is 0 Å². The summed E-state index contributed by atoms with van der Waals surface area (Å²) in [6, 6.07) is 22.3. The SMILES string of the molecule is O=C1N(C[C@@H]2CN(Cc3ccccc3)CCO2)c2ccccc2C12COc1cc3c(cc12)OCCO3.S.S. The Labute approximate surface area is 236 Å². The molecule has 4 heterocycles. The Hall–Kier alpha value is -2.85. The number of amides is 1. The van der Waals surface area contributed by atoms with Gasteiger partial charge in [0.15, 0.2) is 11.5 Å². The zero-order valence-corrected chi connectivity index (χ0v) is 23.0. The van der Waals surface area contributed by atoms with E-state index < -0.39 is 5.41 Å². The van der Waals surface area contributed by atoms with Gasteiger partial charge in [0.05, 0.1) is 19.3 Å². The molecule has 7 nitrogen and oxygen atoms in total. The standard InChI is InChI=1S/C29H28N2O5.2H2S/c32-28-29(19-36-25-15-27-26(14-23(25)29)34-12-13-35-27)22-8-4-5-9-24(22)31(28)18-21-17-30(10-11-33-21)16-20-6-2-1-3-7-20;;/h1-9,14-15,21H,10-13,16-19H2;2*1H2/t21-,29?;;/m0../s1. The van der Waals surface area contributed by atoms with Crippen molar-refractivity contribution in [2.45, 2.75) is 18.1 Å². The molecule has 1 unspecified atom stereocenters. The van der Waals surface area contributed by atoms with Crippen LogP contribution in [0.25, 0.3) is 0 Å². The number of hydrogen-bond acceptors (Lipinski definition) is 6. The summed E-state index contributed by atoms with van der Waals surface area (Å²) in [4.78, 5) is 18.6. The van der Waals surface area contributed by atoms with Crippen molar-refractivity contribution in [1.29, 1.82) is 0 Å². The number of anilines is 1. The van der Waals surface area contributed by atoms with Crippen LogP contribution in [0.5, 0.6) is 17.2 Å². The normalized spacial score (nSPS) is 23.2. The Balaban J connectivity index is 0.00000147. The Kier molecular flexibility index (Phi) is 7.55. The molecule has 2 atom stereocenters. The molecular weight excluding hydrogens is 520 g/mol. The first kappa shape index (κ1) is 26.7. The summed E-state index contributed by atoms with van der Waals surface area (Å²) in [5.41, 5.74) is 3.15. The lowest BCUT2D eigenvalue weighted by molar-refractivity contribution is -0.123. The Morgan fingerprint density at radius 3 is 2.37 bits per heavy atom. The monoisotopic (exact) mass is 552 g/mol. The smallest absolute Gasteiger partial charge is 0.245 e. The molecule has 4 aliphatic rings. The van der Waals surface area contributed by atoms with Gasteiger partial charge >= 0.3 is 0 Å². The summed E-state index contributed by atoms with van der Waals surface area (Å²) in [5, 5.41) is 0. The van der Waals surface area contributed by atoms with Gasteiger partial charge < -0.3 is 23.8 Å². The molecule has 0 bridgehead atoms. The first-order chi connectivity index (χ1) is 17.7. The zero-order valence-electron chi connectivity index (χ0n) is 21.0. The fourth-order valence-electron chi connectivity index (χ4n) is 5.97. The summed E-state index contributed by atoms with van der Waals surface area (Å²) < 4.78 is 23.9. The van der Waals surface area contributed by atoms with Gasteiger partial charge in [0.2, 0.25) is 5.91 Å². The van der Waals surface area contributed by atoms with Crippen LogP contribution >= 0.6 is 27.0 Å². The van der Waals surface area contributed by atoms with Crippen molar-refractivity contribution in [1.82, 2.24) is 4.90 Å². The van der Waals surface area contributed by atoms with Crippen LogP contribution in [0.3, 0.4) is 0 Å². The predicted molar refractivity (Wildman–Crippen MR) is 155 cm³/mol. The summed E-state index contributed by atoms with van der Waals surface area (Å²) in [7, 11) is 0. The molecule has 1 saturated heterocycles. The maximum atomic E-state index is 14.3. The first-order valence-electron chi connectivity index (χ1n) is 12.6. The number of carbonyl (C=O) groups is 1. The van der Waals surface area contributed by atoms with Crippen molar-refractivity contribution in [2.75, 3.05) is 51.0 Å². The van der Waals surface area contributed by atoms with E-state index in [4.69, 9.17) is 18.9 Å². The van der Waals surface area contributed by atoms with E-state index in [1.807, 2.05) is 47.4 Å². The fraction of sp³-hybridized carbons (Fsp3) is 0.345. The third-order valence-corrected chi connectivity index (χ3v) is 7.67. The Morgan fingerprint density at radius 2 is 1.55 bits per heavy atom. The molecule has 0 aromatic heterocycles. The predicted octanol–water partition coefficient (Wildman–Crippen LogP) is 3.61. The van der Waals surface area contributed by atoms with E-state index in [9.17, 15) is 4.79 Å². The number of carbonyl (C=O) groups excluding carboxylic acids is 1. The lowest BCUT2D eigenvalue weighted by Gasteiger charge is -2.35. The van der Waals surface area contributed by atoms with Crippen LogP contribution in [0.1, 0.15) is 16.7 Å². The minimum absolute atomic E-state index is 0. The van der Waals surface area contributed by atoms with Gasteiger partial charge in [-0.2, -0.15) is 27.0 Å². The highest BCUT2D eigenvalue weighted by Gasteiger charge is 2.57. The number of fused-ring (bicyclic) bond motifs is 5. The Morgan fingerprint density at radius 1 is 0.816 bits per heavy atom. The topological polar surface area (TPSA) is 60.5 Å². The van der Waals surface area contributed by atoms with Gasteiger partial charge in [0, 0.05) is 37.0 Å². The zero-order chi connectivity index (χ0) is 24.1. The molecule has 7 rings (SSSR count). The molecule has 1 spiro atoms. The van der Waals surface area contributed by atoms with E-state index in [0.717, 1.165) is 36.4 Å². The fourth-order valence-corrected chi connectivity index (χ4v) is 5.97. The van der Waals surface area contributed by atoms with Crippen molar-refractivity contribution in [3.8, 4) is 17.2 Å².